The van der Waals surface area contributed by atoms with E-state index >= 15 is 0 Å². The van der Waals surface area contributed by atoms with E-state index in [4.69, 9.17) is 9.94 Å². The monoisotopic (exact) mass is 476 g/mol. The van der Waals surface area contributed by atoms with E-state index in [2.05, 4.69) is 33.4 Å². The zero-order valence-electron chi connectivity index (χ0n) is 14.3. The van der Waals surface area contributed by atoms with Crippen molar-refractivity contribution in [2.45, 2.75) is 23.9 Å². The van der Waals surface area contributed by atoms with Crippen LogP contribution in [0.4, 0.5) is 20.2 Å². The molecule has 2 aromatic rings. The Labute approximate surface area is 163 Å². The van der Waals surface area contributed by atoms with Gasteiger partial charge in [0.1, 0.15) is 5.60 Å². The summed E-state index contributed by atoms with van der Waals surface area (Å²) in [6.45, 7) is 2.79. The van der Waals surface area contributed by atoms with E-state index in [0.29, 0.717) is 5.69 Å². The van der Waals surface area contributed by atoms with Gasteiger partial charge in [0.2, 0.25) is 0 Å². The first-order chi connectivity index (χ1) is 12.3. The number of hydroxylamine groups is 1. The minimum Gasteiger partial charge on any atom is -0.393 e. The van der Waals surface area contributed by atoms with Crippen LogP contribution >= 0.6 is 22.6 Å². The van der Waals surface area contributed by atoms with Crippen molar-refractivity contribution in [2.75, 3.05) is 11.9 Å². The zero-order chi connectivity index (χ0) is 19.3. The molecular formula is C18H19F2IN2O3. The molecule has 3 N–H and O–H groups in total. The fourth-order valence-corrected chi connectivity index (χ4v) is 2.46. The van der Waals surface area contributed by atoms with Crippen molar-refractivity contribution in [3.05, 3.63) is 59.2 Å². The Kier molecular flexibility index (Phi) is 6.90. The third kappa shape index (κ3) is 5.12. The van der Waals surface area contributed by atoms with E-state index < -0.39 is 23.1 Å². The summed E-state index contributed by atoms with van der Waals surface area (Å²) in [5.74, 6) is -3.02. The summed E-state index contributed by atoms with van der Waals surface area (Å²) in [7, 11) is 0. The molecule has 8 heteroatoms. The number of hydrogen-bond donors (Lipinski definition) is 3. The number of carbonyl (C=O) groups excluding carboxylic acids is 1. The third-order valence-electron chi connectivity index (χ3n) is 3.52. The SMILES string of the molecule is CC(C)(CO)ONC(=O)c1ccc(F)c(F)c1Nc1ccc(CI)cc1. The number of carbonyl (C=O) groups is 1. The average Bonchev–Trinajstić information content (AvgIpc) is 2.64. The first-order valence-electron chi connectivity index (χ1n) is 7.76. The summed E-state index contributed by atoms with van der Waals surface area (Å²) >= 11 is 2.22. The van der Waals surface area contributed by atoms with Gasteiger partial charge in [0.05, 0.1) is 17.9 Å². The van der Waals surface area contributed by atoms with Crippen molar-refractivity contribution in [3.63, 3.8) is 0 Å². The maximum atomic E-state index is 14.3. The highest BCUT2D eigenvalue weighted by atomic mass is 127. The molecule has 0 aliphatic carbocycles. The lowest BCUT2D eigenvalue weighted by Crippen LogP contribution is -2.38. The van der Waals surface area contributed by atoms with Gasteiger partial charge in [0, 0.05) is 10.1 Å². The second kappa shape index (κ2) is 8.74. The average molecular weight is 476 g/mol. The number of rotatable bonds is 7. The Morgan fingerprint density at radius 1 is 1.19 bits per heavy atom. The fourth-order valence-electron chi connectivity index (χ4n) is 1.96. The Hall–Kier alpha value is -1.78. The summed E-state index contributed by atoms with van der Waals surface area (Å²) in [4.78, 5) is 17.4. The molecule has 1 amide bonds. The zero-order valence-corrected chi connectivity index (χ0v) is 16.4. The van der Waals surface area contributed by atoms with Gasteiger partial charge in [-0.05, 0) is 43.7 Å². The van der Waals surface area contributed by atoms with Gasteiger partial charge < -0.3 is 10.4 Å². The standard InChI is InChI=1S/C18H19F2IN2O3/c1-18(2,10-24)26-23-17(25)13-7-8-14(19)15(20)16(13)22-12-5-3-11(9-21)4-6-12/h3-8,22,24H,9-10H2,1-2H3,(H,23,25). The minimum absolute atomic E-state index is 0.129. The third-order valence-corrected chi connectivity index (χ3v) is 4.40. The van der Waals surface area contributed by atoms with Gasteiger partial charge >= 0.3 is 0 Å². The van der Waals surface area contributed by atoms with Crippen LogP contribution in [0.3, 0.4) is 0 Å². The van der Waals surface area contributed by atoms with Gasteiger partial charge in [-0.2, -0.15) is 0 Å². The van der Waals surface area contributed by atoms with Gasteiger partial charge in [-0.1, -0.05) is 34.7 Å². The summed E-state index contributed by atoms with van der Waals surface area (Å²) in [5, 5.41) is 11.9. The number of aliphatic hydroxyl groups excluding tert-OH is 1. The summed E-state index contributed by atoms with van der Waals surface area (Å²) in [5.41, 5.74) is 2.30. The lowest BCUT2D eigenvalue weighted by Gasteiger charge is -2.22. The molecule has 0 heterocycles. The lowest BCUT2D eigenvalue weighted by molar-refractivity contribution is -0.0956. The molecule has 0 aliphatic heterocycles. The minimum atomic E-state index is -1.17. The number of alkyl halides is 1. The molecular weight excluding hydrogens is 457 g/mol. The molecule has 0 bridgehead atoms. The highest BCUT2D eigenvalue weighted by Gasteiger charge is 2.23. The van der Waals surface area contributed by atoms with Crippen molar-refractivity contribution in [1.29, 1.82) is 0 Å². The molecule has 2 rings (SSSR count). The highest BCUT2D eigenvalue weighted by molar-refractivity contribution is 14.1. The van der Waals surface area contributed by atoms with Crippen LogP contribution in [0.5, 0.6) is 0 Å². The Morgan fingerprint density at radius 2 is 1.85 bits per heavy atom. The molecule has 5 nitrogen and oxygen atoms in total. The molecule has 0 unspecified atom stereocenters. The number of nitrogens with one attached hydrogen (secondary N) is 2. The molecule has 0 spiro atoms. The van der Waals surface area contributed by atoms with Gasteiger partial charge in [-0.3, -0.25) is 9.63 Å². The quantitative estimate of drug-likeness (QED) is 0.320. The van der Waals surface area contributed by atoms with Crippen LogP contribution in [0.25, 0.3) is 0 Å². The molecule has 26 heavy (non-hydrogen) atoms. The normalized spacial score (nSPS) is 11.3. The number of hydrogen-bond acceptors (Lipinski definition) is 4. The number of amides is 1. The maximum Gasteiger partial charge on any atom is 0.277 e. The maximum absolute atomic E-state index is 14.3. The van der Waals surface area contributed by atoms with Crippen molar-refractivity contribution in [1.82, 2.24) is 5.48 Å². The second-order valence-electron chi connectivity index (χ2n) is 6.19. The Morgan fingerprint density at radius 3 is 2.42 bits per heavy atom. The topological polar surface area (TPSA) is 70.6 Å². The van der Waals surface area contributed by atoms with Gasteiger partial charge in [0.15, 0.2) is 11.6 Å². The first-order valence-corrected chi connectivity index (χ1v) is 9.29. The molecule has 140 valence electrons. The lowest BCUT2D eigenvalue weighted by atomic mass is 10.1. The molecule has 0 radical (unpaired) electrons. The van der Waals surface area contributed by atoms with Crippen molar-refractivity contribution >= 4 is 39.9 Å². The largest absolute Gasteiger partial charge is 0.393 e. The van der Waals surface area contributed by atoms with Crippen LogP contribution in [0.2, 0.25) is 0 Å². The second-order valence-corrected chi connectivity index (χ2v) is 6.95. The van der Waals surface area contributed by atoms with Crippen LogP contribution < -0.4 is 10.8 Å². The van der Waals surface area contributed by atoms with Crippen LogP contribution in [-0.4, -0.2) is 23.2 Å². The predicted molar refractivity (Wildman–Crippen MR) is 104 cm³/mol. The first kappa shape index (κ1) is 20.5. The summed E-state index contributed by atoms with van der Waals surface area (Å²) in [6, 6.07) is 9.14. The summed E-state index contributed by atoms with van der Waals surface area (Å²) < 4.78 is 28.8. The van der Waals surface area contributed by atoms with Crippen LogP contribution in [0, 0.1) is 11.6 Å². The molecule has 2 aromatic carbocycles. The predicted octanol–water partition coefficient (Wildman–Crippen LogP) is 4.08. The van der Waals surface area contributed by atoms with Crippen LogP contribution in [0.1, 0.15) is 29.8 Å². The Balaban J connectivity index is 2.29. The molecule has 0 aliphatic rings. The van der Waals surface area contributed by atoms with Gasteiger partial charge in [-0.25, -0.2) is 14.3 Å². The number of aliphatic hydroxyl groups is 1. The number of halogens is 3. The van der Waals surface area contributed by atoms with Crippen LogP contribution in [-0.2, 0) is 9.27 Å². The fraction of sp³-hybridized carbons (Fsp3) is 0.278. The summed E-state index contributed by atoms with van der Waals surface area (Å²) in [6.07, 6.45) is 0. The highest BCUT2D eigenvalue weighted by Crippen LogP contribution is 2.27. The number of benzene rings is 2. The molecule has 0 saturated heterocycles. The Bertz CT molecular complexity index is 783. The smallest absolute Gasteiger partial charge is 0.277 e. The molecule has 0 fully saturated rings. The molecule has 0 saturated carbocycles. The van der Waals surface area contributed by atoms with E-state index in [1.807, 2.05) is 12.1 Å². The van der Waals surface area contributed by atoms with Crippen molar-refractivity contribution in [3.8, 4) is 0 Å². The molecule has 0 aromatic heterocycles. The van der Waals surface area contributed by atoms with E-state index in [1.54, 1.807) is 26.0 Å². The van der Waals surface area contributed by atoms with Crippen LogP contribution in [0.15, 0.2) is 36.4 Å². The van der Waals surface area contributed by atoms with Gasteiger partial charge in [-0.15, -0.1) is 0 Å². The van der Waals surface area contributed by atoms with E-state index in [-0.39, 0.29) is 17.9 Å². The molecule has 0 atom stereocenters. The van der Waals surface area contributed by atoms with E-state index in [0.717, 1.165) is 22.1 Å². The van der Waals surface area contributed by atoms with E-state index in [9.17, 15) is 13.6 Å². The van der Waals surface area contributed by atoms with Crippen molar-refractivity contribution < 1.29 is 23.5 Å². The van der Waals surface area contributed by atoms with Gasteiger partial charge in [0.25, 0.3) is 5.91 Å². The number of anilines is 2. The van der Waals surface area contributed by atoms with E-state index in [1.165, 1.54) is 0 Å². The van der Waals surface area contributed by atoms with Crippen molar-refractivity contribution in [2.24, 2.45) is 0 Å².